The van der Waals surface area contributed by atoms with Gasteiger partial charge in [0.25, 0.3) is 0 Å². The molecule has 0 saturated carbocycles. The van der Waals surface area contributed by atoms with E-state index >= 15 is 0 Å². The zero-order valence-electron chi connectivity index (χ0n) is 21.2. The second kappa shape index (κ2) is 13.8. The lowest BCUT2D eigenvalue weighted by Gasteiger charge is -2.12. The van der Waals surface area contributed by atoms with Crippen LogP contribution in [0.2, 0.25) is 0 Å². The van der Waals surface area contributed by atoms with Crippen LogP contribution in [0.5, 0.6) is 11.6 Å². The van der Waals surface area contributed by atoms with Crippen LogP contribution in [0.25, 0.3) is 17.2 Å². The fourth-order valence-electron chi connectivity index (χ4n) is 3.15. The van der Waals surface area contributed by atoms with E-state index in [1.807, 2.05) is 6.92 Å². The molecule has 2 N–H and O–H groups in total. The van der Waals surface area contributed by atoms with Crippen LogP contribution >= 0.6 is 0 Å². The molecule has 10 nitrogen and oxygen atoms in total. The molecule has 0 bridgehead atoms. The molecule has 0 spiro atoms. The second-order valence-electron chi connectivity index (χ2n) is 8.10. The van der Waals surface area contributed by atoms with Crippen LogP contribution < -0.4 is 20.1 Å². The molecule has 1 aromatic carbocycles. The molecule has 0 aliphatic carbocycles. The maximum absolute atomic E-state index is 12.6. The number of nitrogens with one attached hydrogen (secondary N) is 2. The van der Waals surface area contributed by atoms with Gasteiger partial charge in [-0.1, -0.05) is 0 Å². The maximum atomic E-state index is 12.6. The Morgan fingerprint density at radius 3 is 2.48 bits per heavy atom. The first-order valence-corrected chi connectivity index (χ1v) is 12.0. The Bertz CT molecular complexity index is 1230. The number of anilines is 1. The first-order chi connectivity index (χ1) is 18.9. The first kappa shape index (κ1) is 30.5. The number of halogens is 6. The van der Waals surface area contributed by atoms with E-state index in [4.69, 9.17) is 9.47 Å². The number of carbonyl (C=O) groups excluding carboxylic acids is 1. The molecule has 2 aromatic heterocycles. The van der Waals surface area contributed by atoms with Gasteiger partial charge >= 0.3 is 12.5 Å². The number of ether oxygens (including phenoxy) is 3. The third-order valence-electron chi connectivity index (χ3n) is 4.95. The van der Waals surface area contributed by atoms with Gasteiger partial charge in [-0.3, -0.25) is 9.36 Å². The highest BCUT2D eigenvalue weighted by Crippen LogP contribution is 2.27. The Morgan fingerprint density at radius 1 is 1.05 bits per heavy atom. The molecular weight excluding hydrogens is 550 g/mol. The zero-order valence-corrected chi connectivity index (χ0v) is 21.2. The van der Waals surface area contributed by atoms with Crippen LogP contribution in [0.1, 0.15) is 19.8 Å². The Kier molecular flexibility index (Phi) is 10.5. The van der Waals surface area contributed by atoms with E-state index < -0.39 is 31.3 Å². The number of nitrogens with zero attached hydrogens (tertiary/aromatic N) is 4. The number of alkyl halides is 6. The monoisotopic (exact) mass is 576 g/mol. The fourth-order valence-corrected chi connectivity index (χ4v) is 3.15. The summed E-state index contributed by atoms with van der Waals surface area (Å²) in [5.74, 6) is -0.881. The minimum atomic E-state index is -4.83. The number of imidazole rings is 1. The Labute approximate surface area is 224 Å². The van der Waals surface area contributed by atoms with Gasteiger partial charge in [-0.05, 0) is 37.6 Å². The molecule has 0 aliphatic rings. The number of hydrogen-bond donors (Lipinski definition) is 2. The number of benzene rings is 1. The number of hydrogen-bond acceptors (Lipinski definition) is 8. The van der Waals surface area contributed by atoms with Crippen molar-refractivity contribution in [1.29, 1.82) is 0 Å². The smallest absolute Gasteiger partial charge is 0.477 e. The summed E-state index contributed by atoms with van der Waals surface area (Å²) in [5, 5.41) is 5.47. The Morgan fingerprint density at radius 2 is 1.80 bits per heavy atom. The van der Waals surface area contributed by atoms with E-state index in [0.717, 1.165) is 12.1 Å². The highest BCUT2D eigenvalue weighted by Gasteiger charge is 2.31. The quantitative estimate of drug-likeness (QED) is 0.213. The van der Waals surface area contributed by atoms with Crippen LogP contribution in [-0.4, -0.2) is 70.9 Å². The summed E-state index contributed by atoms with van der Waals surface area (Å²) in [4.78, 5) is 24.7. The lowest BCUT2D eigenvalue weighted by molar-refractivity contribution is -0.274. The SMILES string of the molecule is CCOCCCNC(=O)CNc1cc(OCCC(F)(F)F)nc(-n2cnc(-c3ccc(OC(F)(F)F)cc3)c2)n1. The molecule has 3 rings (SSSR count). The van der Waals surface area contributed by atoms with Crippen molar-refractivity contribution in [3.63, 3.8) is 0 Å². The fraction of sp³-hybridized carbons (Fsp3) is 0.417. The topological polar surface area (TPSA) is 112 Å². The molecule has 0 saturated heterocycles. The van der Waals surface area contributed by atoms with Gasteiger partial charge in [0.15, 0.2) is 0 Å². The predicted molar refractivity (Wildman–Crippen MR) is 130 cm³/mol. The van der Waals surface area contributed by atoms with Crippen molar-refractivity contribution in [3.8, 4) is 28.8 Å². The Hall–Kier alpha value is -4.08. The highest BCUT2D eigenvalue weighted by atomic mass is 19.4. The molecule has 2 heterocycles. The number of aromatic nitrogens is 4. The van der Waals surface area contributed by atoms with Crippen LogP contribution in [0.15, 0.2) is 42.9 Å². The summed E-state index contributed by atoms with van der Waals surface area (Å²) in [6.45, 7) is 2.44. The largest absolute Gasteiger partial charge is 0.573 e. The summed E-state index contributed by atoms with van der Waals surface area (Å²) in [5.41, 5.74) is 0.789. The average Bonchev–Trinajstić information content (AvgIpc) is 3.36. The molecule has 0 aliphatic heterocycles. The van der Waals surface area contributed by atoms with Crippen molar-refractivity contribution in [3.05, 3.63) is 42.9 Å². The van der Waals surface area contributed by atoms with Crippen LogP contribution in [0.4, 0.5) is 32.2 Å². The summed E-state index contributed by atoms with van der Waals surface area (Å²) in [6.07, 6.45) is -7.08. The number of rotatable bonds is 14. The molecule has 1 amide bonds. The molecular formula is C24H26F6N6O4. The van der Waals surface area contributed by atoms with Gasteiger partial charge in [-0.15, -0.1) is 13.2 Å². The molecule has 218 valence electrons. The number of amides is 1. The first-order valence-electron chi connectivity index (χ1n) is 12.0. The van der Waals surface area contributed by atoms with Crippen molar-refractivity contribution in [1.82, 2.24) is 24.8 Å². The lowest BCUT2D eigenvalue weighted by atomic mass is 10.2. The minimum Gasteiger partial charge on any atom is -0.477 e. The van der Waals surface area contributed by atoms with Crippen molar-refractivity contribution in [2.24, 2.45) is 0 Å². The third kappa shape index (κ3) is 10.6. The average molecular weight is 576 g/mol. The van der Waals surface area contributed by atoms with E-state index in [-0.39, 0.29) is 30.1 Å². The van der Waals surface area contributed by atoms with Crippen molar-refractivity contribution in [2.45, 2.75) is 32.3 Å². The van der Waals surface area contributed by atoms with Gasteiger partial charge in [0.05, 0.1) is 25.3 Å². The standard InChI is InChI=1S/C24H26F6N6O4/c1-2-38-10-3-9-31-20(37)13-32-19-12-21(39-11-8-23(25,26)27)35-22(34-19)36-14-18(33-15-36)16-4-6-17(7-5-16)40-24(28,29)30/h4-7,12,14-15H,2-3,8-11,13H2,1H3,(H,31,37)(H,32,34,35). The van der Waals surface area contributed by atoms with E-state index in [1.54, 1.807) is 0 Å². The Balaban J connectivity index is 1.74. The van der Waals surface area contributed by atoms with Gasteiger partial charge in [0.1, 0.15) is 17.9 Å². The van der Waals surface area contributed by atoms with E-state index in [9.17, 15) is 31.1 Å². The van der Waals surface area contributed by atoms with Crippen LogP contribution in [-0.2, 0) is 9.53 Å². The maximum Gasteiger partial charge on any atom is 0.573 e. The van der Waals surface area contributed by atoms with Crippen molar-refractivity contribution in [2.75, 3.05) is 38.2 Å². The van der Waals surface area contributed by atoms with E-state index in [2.05, 4.69) is 30.3 Å². The predicted octanol–water partition coefficient (Wildman–Crippen LogP) is 4.51. The molecule has 0 atom stereocenters. The summed E-state index contributed by atoms with van der Waals surface area (Å²) in [6, 6.07) is 6.23. The van der Waals surface area contributed by atoms with Crippen LogP contribution in [0, 0.1) is 0 Å². The second-order valence-corrected chi connectivity index (χ2v) is 8.10. The minimum absolute atomic E-state index is 0.0418. The van der Waals surface area contributed by atoms with Gasteiger partial charge in [0, 0.05) is 37.6 Å². The molecule has 3 aromatic rings. The molecule has 0 unspecified atom stereocenters. The van der Waals surface area contributed by atoms with E-state index in [0.29, 0.717) is 37.4 Å². The van der Waals surface area contributed by atoms with Crippen LogP contribution in [0.3, 0.4) is 0 Å². The molecule has 16 heteroatoms. The zero-order chi connectivity index (χ0) is 29.2. The van der Waals surface area contributed by atoms with Gasteiger partial charge in [-0.2, -0.15) is 23.1 Å². The highest BCUT2D eigenvalue weighted by molar-refractivity contribution is 5.80. The molecule has 0 radical (unpaired) electrons. The van der Waals surface area contributed by atoms with Gasteiger partial charge < -0.3 is 24.8 Å². The van der Waals surface area contributed by atoms with Crippen molar-refractivity contribution >= 4 is 11.7 Å². The summed E-state index contributed by atoms with van der Waals surface area (Å²) < 4.78 is 90.5. The summed E-state index contributed by atoms with van der Waals surface area (Å²) >= 11 is 0. The summed E-state index contributed by atoms with van der Waals surface area (Å²) in [7, 11) is 0. The third-order valence-corrected chi connectivity index (χ3v) is 4.95. The number of carbonyl (C=O) groups is 1. The van der Waals surface area contributed by atoms with Crippen molar-refractivity contribution < 1.29 is 45.3 Å². The van der Waals surface area contributed by atoms with Gasteiger partial charge in [-0.25, -0.2) is 4.98 Å². The molecule has 0 fully saturated rings. The molecule has 40 heavy (non-hydrogen) atoms. The van der Waals surface area contributed by atoms with Gasteiger partial charge in [0.2, 0.25) is 17.7 Å². The lowest BCUT2D eigenvalue weighted by Crippen LogP contribution is -2.31. The normalized spacial score (nSPS) is 11.8. The van der Waals surface area contributed by atoms with E-state index in [1.165, 1.54) is 35.3 Å².